The summed E-state index contributed by atoms with van der Waals surface area (Å²) in [5.41, 5.74) is 6.26. The van der Waals surface area contributed by atoms with Crippen molar-refractivity contribution < 1.29 is 18.8 Å². The predicted molar refractivity (Wildman–Crippen MR) is 206 cm³/mol. The highest BCUT2D eigenvalue weighted by atomic mass is 28.3. The van der Waals surface area contributed by atoms with Crippen LogP contribution in [-0.2, 0) is 7.05 Å². The molecule has 0 atom stereocenters. The molecule has 50 heavy (non-hydrogen) atoms. The molecule has 0 saturated heterocycles. The van der Waals surface area contributed by atoms with Crippen molar-refractivity contribution in [2.45, 2.75) is 26.2 Å². The molecule has 0 spiro atoms. The fourth-order valence-electron chi connectivity index (χ4n) is 4.54. The number of hydrogen-bond acceptors (Lipinski definition) is 6. The van der Waals surface area contributed by atoms with Crippen molar-refractivity contribution in [3.05, 3.63) is 145 Å². The van der Waals surface area contributed by atoms with E-state index in [9.17, 15) is 0 Å². The van der Waals surface area contributed by atoms with Crippen LogP contribution in [0.2, 0.25) is 26.2 Å². The van der Waals surface area contributed by atoms with Crippen LogP contribution >= 0.6 is 0 Å². The lowest BCUT2D eigenvalue weighted by molar-refractivity contribution is -0.660. The Hall–Kier alpha value is -5.78. The molecular weight excluding hydrogens is 637 g/mol. The lowest BCUT2D eigenvalue weighted by Crippen LogP contribution is -2.29. The van der Waals surface area contributed by atoms with Crippen molar-refractivity contribution in [1.29, 1.82) is 5.26 Å². The number of rotatable bonds is 6. The van der Waals surface area contributed by atoms with E-state index in [4.69, 9.17) is 19.5 Å². The van der Waals surface area contributed by atoms with Gasteiger partial charge in [0, 0.05) is 37.5 Å². The number of hydrogen-bond donors (Lipinski definition) is 0. The van der Waals surface area contributed by atoms with Crippen molar-refractivity contribution in [1.82, 2.24) is 9.97 Å². The second kappa shape index (κ2) is 19.9. The van der Waals surface area contributed by atoms with Gasteiger partial charge in [0.15, 0.2) is 6.20 Å². The topological polar surface area (TPSA) is 81.1 Å². The first-order valence-electron chi connectivity index (χ1n) is 16.2. The van der Waals surface area contributed by atoms with Gasteiger partial charge in [0.1, 0.15) is 36.1 Å². The number of methoxy groups -OCH3 is 3. The van der Waals surface area contributed by atoms with E-state index >= 15 is 0 Å². The largest absolute Gasteiger partial charge is 0.496 e. The minimum Gasteiger partial charge on any atom is -0.496 e. The monoisotopic (exact) mass is 683 g/mol. The van der Waals surface area contributed by atoms with E-state index in [1.54, 1.807) is 33.6 Å². The summed E-state index contributed by atoms with van der Waals surface area (Å²) in [7, 11) is 6.40. The SMILES string of the molecule is COc1ccccc1-c1cccc(C#N)n1.COc1ccccc1-c1cccc[n+]1C.COc1ccccc1-c1ccccn1.C[Si](C)(C)C. The normalized spacial score (nSPS) is 9.98. The van der Waals surface area contributed by atoms with Crippen LogP contribution in [0.15, 0.2) is 140 Å². The molecule has 0 bridgehead atoms. The standard InChI is InChI=1S/C13H10N2O.C13H14NO.C12H11NO.C4H12Si/c1-16-13-8-3-2-6-11(13)12-7-4-5-10(9-14)15-12;1-14-10-6-5-8-12(14)11-7-3-4-9-13(11)15-2;1-14-12-8-3-2-6-10(12)11-7-4-5-9-13-11;1-5(2,3)4/h2-8H,1H3;3-10H,1-2H3;2-9H,1H3;1-4H3/q;+1;;. The van der Waals surface area contributed by atoms with Crippen LogP contribution in [0.3, 0.4) is 0 Å². The van der Waals surface area contributed by atoms with Crippen molar-refractivity contribution in [2.24, 2.45) is 7.05 Å². The van der Waals surface area contributed by atoms with Crippen LogP contribution in [0.4, 0.5) is 0 Å². The summed E-state index contributed by atoms with van der Waals surface area (Å²) in [4.78, 5) is 8.51. The van der Waals surface area contributed by atoms with Crippen LogP contribution in [0, 0.1) is 11.3 Å². The average Bonchev–Trinajstić information content (AvgIpc) is 3.15. The molecule has 8 heteroatoms. The van der Waals surface area contributed by atoms with Crippen LogP contribution in [-0.4, -0.2) is 39.4 Å². The fraction of sp³-hybridized carbons (Fsp3) is 0.190. The van der Waals surface area contributed by atoms with Crippen LogP contribution < -0.4 is 18.8 Å². The summed E-state index contributed by atoms with van der Waals surface area (Å²) in [6.07, 6.45) is 3.81. The number of aryl methyl sites for hydroxylation is 1. The number of ether oxygens (including phenoxy) is 3. The van der Waals surface area contributed by atoms with Gasteiger partial charge in [0.05, 0.1) is 38.3 Å². The molecule has 3 heterocycles. The van der Waals surface area contributed by atoms with Crippen molar-refractivity contribution >= 4 is 8.07 Å². The summed E-state index contributed by atoms with van der Waals surface area (Å²) >= 11 is 0. The summed E-state index contributed by atoms with van der Waals surface area (Å²) in [5, 5.41) is 8.79. The summed E-state index contributed by atoms with van der Waals surface area (Å²) in [6.45, 7) is 9.31. The third-order valence-electron chi connectivity index (χ3n) is 6.73. The Morgan fingerprint density at radius 1 is 0.560 bits per heavy atom. The van der Waals surface area contributed by atoms with E-state index in [0.29, 0.717) is 5.69 Å². The third kappa shape index (κ3) is 12.3. The molecule has 0 unspecified atom stereocenters. The Labute approximate surface area is 298 Å². The second-order valence-corrected chi connectivity index (χ2v) is 18.5. The predicted octanol–water partition coefficient (Wildman–Crippen LogP) is 9.53. The molecule has 0 aliphatic heterocycles. The van der Waals surface area contributed by atoms with Gasteiger partial charge in [-0.1, -0.05) is 74.7 Å². The highest BCUT2D eigenvalue weighted by Crippen LogP contribution is 2.29. The Kier molecular flexibility index (Phi) is 15.4. The first-order chi connectivity index (χ1) is 24.1. The summed E-state index contributed by atoms with van der Waals surface area (Å²) in [5.74, 6) is 2.51. The molecule has 0 aliphatic rings. The number of nitriles is 1. The quantitative estimate of drug-likeness (QED) is 0.129. The van der Waals surface area contributed by atoms with E-state index in [2.05, 4.69) is 52.9 Å². The van der Waals surface area contributed by atoms with Gasteiger partial charge >= 0.3 is 0 Å². The average molecular weight is 684 g/mol. The number of benzene rings is 3. The first kappa shape index (κ1) is 38.7. The molecule has 6 rings (SSSR count). The highest BCUT2D eigenvalue weighted by Gasteiger charge is 2.12. The molecule has 256 valence electrons. The second-order valence-electron chi connectivity index (χ2n) is 12.5. The molecular formula is C42H47N4O3Si+. The lowest BCUT2D eigenvalue weighted by Gasteiger charge is -2.07. The molecule has 0 fully saturated rings. The van der Waals surface area contributed by atoms with Gasteiger partial charge in [-0.3, -0.25) is 4.98 Å². The van der Waals surface area contributed by atoms with E-state index in [1.807, 2.05) is 129 Å². The van der Waals surface area contributed by atoms with E-state index in [-0.39, 0.29) is 0 Å². The first-order valence-corrected chi connectivity index (χ1v) is 20.2. The third-order valence-corrected chi connectivity index (χ3v) is 6.73. The smallest absolute Gasteiger partial charge is 0.216 e. The van der Waals surface area contributed by atoms with Gasteiger partial charge in [-0.15, -0.1) is 0 Å². The molecule has 0 aliphatic carbocycles. The van der Waals surface area contributed by atoms with E-state index < -0.39 is 8.07 Å². The molecule has 3 aromatic carbocycles. The Morgan fingerprint density at radius 2 is 1.02 bits per heavy atom. The zero-order valence-electron chi connectivity index (χ0n) is 30.3. The van der Waals surface area contributed by atoms with Gasteiger partial charge in [0.2, 0.25) is 5.69 Å². The van der Waals surface area contributed by atoms with Gasteiger partial charge in [-0.05, 0) is 66.7 Å². The zero-order chi connectivity index (χ0) is 36.4. The maximum Gasteiger partial charge on any atom is 0.216 e. The Bertz CT molecular complexity index is 1950. The zero-order valence-corrected chi connectivity index (χ0v) is 31.3. The Morgan fingerprint density at radius 3 is 1.52 bits per heavy atom. The molecule has 3 aromatic heterocycles. The number of pyridine rings is 3. The molecule has 7 nitrogen and oxygen atoms in total. The van der Waals surface area contributed by atoms with Gasteiger partial charge in [-0.25, -0.2) is 9.55 Å². The van der Waals surface area contributed by atoms with Gasteiger partial charge in [0.25, 0.3) is 0 Å². The highest BCUT2D eigenvalue weighted by molar-refractivity contribution is 6.74. The van der Waals surface area contributed by atoms with Crippen LogP contribution in [0.1, 0.15) is 5.69 Å². The fourth-order valence-corrected chi connectivity index (χ4v) is 4.54. The molecule has 0 saturated carbocycles. The minimum atomic E-state index is -0.611. The van der Waals surface area contributed by atoms with Crippen molar-refractivity contribution in [3.63, 3.8) is 0 Å². The van der Waals surface area contributed by atoms with Gasteiger partial charge in [-0.2, -0.15) is 5.26 Å². The molecule has 0 N–H and O–H groups in total. The van der Waals surface area contributed by atoms with Crippen LogP contribution in [0.5, 0.6) is 17.2 Å². The maximum atomic E-state index is 8.79. The van der Waals surface area contributed by atoms with Gasteiger partial charge < -0.3 is 14.2 Å². The minimum absolute atomic E-state index is 0.406. The Balaban J connectivity index is 0.000000190. The number of aromatic nitrogens is 3. The van der Waals surface area contributed by atoms with Crippen molar-refractivity contribution in [3.8, 4) is 57.1 Å². The number of para-hydroxylation sites is 3. The maximum absolute atomic E-state index is 8.79. The summed E-state index contributed by atoms with van der Waals surface area (Å²) < 4.78 is 17.9. The van der Waals surface area contributed by atoms with E-state index in [0.717, 1.165) is 51.0 Å². The molecule has 0 amide bonds. The lowest BCUT2D eigenvalue weighted by atomic mass is 10.1. The van der Waals surface area contributed by atoms with Crippen molar-refractivity contribution in [2.75, 3.05) is 21.3 Å². The summed E-state index contributed by atoms with van der Waals surface area (Å²) in [6, 6.07) is 42.8. The van der Waals surface area contributed by atoms with E-state index in [1.165, 1.54) is 0 Å². The molecule has 0 radical (unpaired) electrons. The van der Waals surface area contributed by atoms with Crippen LogP contribution in [0.25, 0.3) is 33.8 Å². The molecule has 6 aromatic rings. The number of nitrogens with zero attached hydrogens (tertiary/aromatic N) is 4.